The lowest BCUT2D eigenvalue weighted by atomic mass is 10.0. The number of benzene rings is 1. The van der Waals surface area contributed by atoms with Crippen molar-refractivity contribution in [3.8, 4) is 5.75 Å². The molecule has 1 unspecified atom stereocenters. The first-order valence-corrected chi connectivity index (χ1v) is 10.4. The fraction of sp³-hybridized carbons (Fsp3) is 0.391. The SMILES string of the molecule is CC(C)C[C@@H](C(=O)Nc1cnccn1)N1CC(Oc2cccc(C(C)CO)c2F)=CC1=O. The Balaban J connectivity index is 1.75. The van der Waals surface area contributed by atoms with E-state index in [-0.39, 0.29) is 42.4 Å². The molecule has 0 radical (unpaired) electrons. The average Bonchev–Trinajstić information content (AvgIpc) is 3.13. The summed E-state index contributed by atoms with van der Waals surface area (Å²) in [6.45, 7) is 5.44. The molecule has 2 N–H and O–H groups in total. The molecule has 0 spiro atoms. The smallest absolute Gasteiger partial charge is 0.251 e. The Labute approximate surface area is 186 Å². The van der Waals surface area contributed by atoms with Crippen LogP contribution in [0.1, 0.15) is 38.7 Å². The number of amides is 2. The molecule has 1 aliphatic heterocycles. The van der Waals surface area contributed by atoms with E-state index in [0.717, 1.165) is 0 Å². The fourth-order valence-corrected chi connectivity index (χ4v) is 3.46. The van der Waals surface area contributed by atoms with Gasteiger partial charge in [-0.2, -0.15) is 0 Å². The van der Waals surface area contributed by atoms with Crippen LogP contribution in [0.4, 0.5) is 10.2 Å². The first-order valence-electron chi connectivity index (χ1n) is 10.4. The standard InChI is InChI=1S/C23H27FN4O4/c1-14(2)9-18(23(31)27-20-11-25-7-8-26-20)28-12-16(10-21(28)30)32-19-6-4-5-17(22(19)24)15(3)13-29/h4-8,10-11,14-15,18,29H,9,12-13H2,1-3H3,(H,26,27,31)/t15?,18-/m0/s1. The Bertz CT molecular complexity index is 997. The number of hydrogen-bond acceptors (Lipinski definition) is 6. The van der Waals surface area contributed by atoms with Gasteiger partial charge in [0.15, 0.2) is 17.4 Å². The minimum atomic E-state index is -0.757. The van der Waals surface area contributed by atoms with E-state index in [0.29, 0.717) is 17.8 Å². The van der Waals surface area contributed by atoms with E-state index < -0.39 is 17.8 Å². The van der Waals surface area contributed by atoms with Gasteiger partial charge in [-0.15, -0.1) is 0 Å². The van der Waals surface area contributed by atoms with Crippen molar-refractivity contribution in [2.75, 3.05) is 18.5 Å². The summed E-state index contributed by atoms with van der Waals surface area (Å²) in [5.41, 5.74) is 0.327. The Morgan fingerprint density at radius 1 is 1.31 bits per heavy atom. The Morgan fingerprint density at radius 2 is 2.09 bits per heavy atom. The molecule has 2 heterocycles. The molecular formula is C23H27FN4O4. The second kappa shape index (κ2) is 10.3. The summed E-state index contributed by atoms with van der Waals surface area (Å²) in [5, 5.41) is 12.0. The van der Waals surface area contributed by atoms with Crippen molar-refractivity contribution in [1.29, 1.82) is 0 Å². The molecule has 170 valence electrons. The molecule has 1 aromatic carbocycles. The summed E-state index contributed by atoms with van der Waals surface area (Å²) < 4.78 is 20.5. The average molecular weight is 442 g/mol. The molecule has 9 heteroatoms. The molecule has 0 bridgehead atoms. The topological polar surface area (TPSA) is 105 Å². The van der Waals surface area contributed by atoms with Gasteiger partial charge < -0.3 is 20.1 Å². The van der Waals surface area contributed by atoms with Gasteiger partial charge in [0.05, 0.1) is 12.7 Å². The van der Waals surface area contributed by atoms with Gasteiger partial charge in [0.25, 0.3) is 5.91 Å². The highest BCUT2D eigenvalue weighted by atomic mass is 19.1. The van der Waals surface area contributed by atoms with E-state index in [9.17, 15) is 19.1 Å². The molecule has 3 rings (SSSR count). The summed E-state index contributed by atoms with van der Waals surface area (Å²) in [5.74, 6) is -1.11. The van der Waals surface area contributed by atoms with Crippen molar-refractivity contribution < 1.29 is 23.8 Å². The first-order chi connectivity index (χ1) is 15.3. The molecule has 8 nitrogen and oxygen atoms in total. The van der Waals surface area contributed by atoms with Crippen LogP contribution >= 0.6 is 0 Å². The number of carbonyl (C=O) groups is 2. The second-order valence-corrected chi connectivity index (χ2v) is 8.15. The minimum Gasteiger partial charge on any atom is -0.457 e. The molecule has 0 aliphatic carbocycles. The molecule has 2 amide bonds. The van der Waals surface area contributed by atoms with Crippen molar-refractivity contribution in [2.24, 2.45) is 5.92 Å². The number of nitrogens with zero attached hydrogens (tertiary/aromatic N) is 3. The molecule has 1 aliphatic rings. The molecule has 0 saturated heterocycles. The monoisotopic (exact) mass is 442 g/mol. The van der Waals surface area contributed by atoms with Gasteiger partial charge >= 0.3 is 0 Å². The van der Waals surface area contributed by atoms with Crippen LogP contribution < -0.4 is 10.1 Å². The summed E-state index contributed by atoms with van der Waals surface area (Å²) in [6, 6.07) is 3.92. The summed E-state index contributed by atoms with van der Waals surface area (Å²) in [6.07, 6.45) is 6.07. The predicted molar refractivity (Wildman–Crippen MR) is 116 cm³/mol. The van der Waals surface area contributed by atoms with Gasteiger partial charge in [-0.25, -0.2) is 9.37 Å². The van der Waals surface area contributed by atoms with Gasteiger partial charge in [-0.1, -0.05) is 32.9 Å². The number of nitrogens with one attached hydrogen (secondary N) is 1. The van der Waals surface area contributed by atoms with E-state index in [1.807, 2.05) is 13.8 Å². The number of aliphatic hydroxyl groups is 1. The zero-order chi connectivity index (χ0) is 23.3. The van der Waals surface area contributed by atoms with E-state index in [2.05, 4.69) is 15.3 Å². The number of carbonyl (C=O) groups excluding carboxylic acids is 2. The lowest BCUT2D eigenvalue weighted by molar-refractivity contribution is -0.133. The van der Waals surface area contributed by atoms with Gasteiger partial charge in [-0.05, 0) is 24.0 Å². The van der Waals surface area contributed by atoms with Crippen LogP contribution in [0.15, 0.2) is 48.6 Å². The van der Waals surface area contributed by atoms with Crippen molar-refractivity contribution in [3.05, 3.63) is 60.0 Å². The van der Waals surface area contributed by atoms with Crippen molar-refractivity contribution in [1.82, 2.24) is 14.9 Å². The highest BCUT2D eigenvalue weighted by Crippen LogP contribution is 2.29. The van der Waals surface area contributed by atoms with Crippen LogP contribution in [0.5, 0.6) is 5.75 Å². The molecule has 0 fully saturated rings. The maximum absolute atomic E-state index is 14.8. The zero-order valence-corrected chi connectivity index (χ0v) is 18.3. The third kappa shape index (κ3) is 5.47. The lowest BCUT2D eigenvalue weighted by Gasteiger charge is -2.28. The maximum atomic E-state index is 14.8. The van der Waals surface area contributed by atoms with Crippen LogP contribution in [0.2, 0.25) is 0 Å². The Morgan fingerprint density at radius 3 is 2.75 bits per heavy atom. The number of aromatic nitrogens is 2. The number of hydrogen-bond donors (Lipinski definition) is 2. The fourth-order valence-electron chi connectivity index (χ4n) is 3.46. The summed E-state index contributed by atoms with van der Waals surface area (Å²) >= 11 is 0. The van der Waals surface area contributed by atoms with Crippen molar-refractivity contribution in [3.63, 3.8) is 0 Å². The quantitative estimate of drug-likeness (QED) is 0.619. The van der Waals surface area contributed by atoms with Crippen LogP contribution in [-0.2, 0) is 9.59 Å². The Kier molecular flexibility index (Phi) is 7.53. The maximum Gasteiger partial charge on any atom is 0.251 e. The van der Waals surface area contributed by atoms with Crippen molar-refractivity contribution in [2.45, 2.75) is 39.2 Å². The normalized spacial score (nSPS) is 15.5. The third-order valence-corrected chi connectivity index (χ3v) is 5.12. The summed E-state index contributed by atoms with van der Waals surface area (Å²) in [7, 11) is 0. The second-order valence-electron chi connectivity index (χ2n) is 8.15. The van der Waals surface area contributed by atoms with Gasteiger partial charge in [0.1, 0.15) is 11.8 Å². The minimum absolute atomic E-state index is 0.0311. The Hall–Kier alpha value is -3.33. The summed E-state index contributed by atoms with van der Waals surface area (Å²) in [4.78, 5) is 35.0. The number of rotatable bonds is 9. The van der Waals surface area contributed by atoms with Crippen LogP contribution in [-0.4, -0.2) is 51.0 Å². The number of ether oxygens (including phenoxy) is 1. The lowest BCUT2D eigenvalue weighted by Crippen LogP contribution is -2.46. The molecule has 1 aromatic heterocycles. The molecule has 2 atom stereocenters. The zero-order valence-electron chi connectivity index (χ0n) is 18.3. The highest BCUT2D eigenvalue weighted by Gasteiger charge is 2.35. The van der Waals surface area contributed by atoms with Crippen LogP contribution in [0.3, 0.4) is 0 Å². The third-order valence-electron chi connectivity index (χ3n) is 5.12. The van der Waals surface area contributed by atoms with Gasteiger partial charge in [0, 0.05) is 31.0 Å². The van der Waals surface area contributed by atoms with Crippen LogP contribution in [0, 0.1) is 11.7 Å². The van der Waals surface area contributed by atoms with Gasteiger partial charge in [-0.3, -0.25) is 14.6 Å². The van der Waals surface area contributed by atoms with E-state index in [1.54, 1.807) is 19.1 Å². The van der Waals surface area contributed by atoms with E-state index in [4.69, 9.17) is 4.74 Å². The number of anilines is 1. The first kappa shape index (κ1) is 23.3. The predicted octanol–water partition coefficient (Wildman–Crippen LogP) is 2.87. The molecule has 32 heavy (non-hydrogen) atoms. The number of aliphatic hydroxyl groups excluding tert-OH is 1. The van der Waals surface area contributed by atoms with Crippen LogP contribution in [0.25, 0.3) is 0 Å². The number of halogens is 1. The van der Waals surface area contributed by atoms with E-state index >= 15 is 0 Å². The largest absolute Gasteiger partial charge is 0.457 e. The molecule has 2 aromatic rings. The van der Waals surface area contributed by atoms with E-state index in [1.165, 1.54) is 35.6 Å². The molecular weight excluding hydrogens is 415 g/mol. The highest BCUT2D eigenvalue weighted by molar-refractivity contribution is 5.99. The van der Waals surface area contributed by atoms with Gasteiger partial charge in [0.2, 0.25) is 5.91 Å². The van der Waals surface area contributed by atoms with Crippen molar-refractivity contribution >= 4 is 17.6 Å². The molecule has 0 saturated carbocycles.